The van der Waals surface area contributed by atoms with Crippen molar-refractivity contribution >= 4 is 33.7 Å². The Kier molecular flexibility index (Phi) is 5.22. The van der Waals surface area contributed by atoms with Gasteiger partial charge in [0.1, 0.15) is 5.69 Å². The van der Waals surface area contributed by atoms with Crippen molar-refractivity contribution in [2.45, 2.75) is 13.8 Å². The summed E-state index contributed by atoms with van der Waals surface area (Å²) in [5.74, 6) is 0.489. The van der Waals surface area contributed by atoms with Gasteiger partial charge in [-0.1, -0.05) is 26.0 Å². The van der Waals surface area contributed by atoms with Crippen LogP contribution in [0, 0.1) is 5.92 Å². The van der Waals surface area contributed by atoms with Gasteiger partial charge in [0.15, 0.2) is 11.5 Å². The molecule has 36 heavy (non-hydrogen) atoms. The molecule has 5 aromatic heterocycles. The van der Waals surface area contributed by atoms with Crippen LogP contribution in [0.15, 0.2) is 73.4 Å². The fraction of sp³-hybridized carbons (Fsp3) is 0.111. The first kappa shape index (κ1) is 21.6. The second kappa shape index (κ2) is 8.70. The van der Waals surface area contributed by atoms with E-state index >= 15 is 0 Å². The van der Waals surface area contributed by atoms with E-state index in [4.69, 9.17) is 4.98 Å². The van der Waals surface area contributed by atoms with Crippen molar-refractivity contribution in [2.24, 2.45) is 5.92 Å². The van der Waals surface area contributed by atoms with Gasteiger partial charge in [0.25, 0.3) is 0 Å². The van der Waals surface area contributed by atoms with Gasteiger partial charge in [0.05, 0.1) is 28.3 Å². The highest BCUT2D eigenvalue weighted by atomic mass is 16.1. The van der Waals surface area contributed by atoms with Crippen molar-refractivity contribution in [3.05, 3.63) is 73.4 Å². The lowest BCUT2D eigenvalue weighted by Gasteiger charge is -2.09. The molecule has 0 spiro atoms. The fourth-order valence-corrected chi connectivity index (χ4v) is 4.11. The molecular formula is C27H22N8O. The Hall–Kier alpha value is -4.92. The molecule has 0 fully saturated rings. The molecule has 0 saturated carbocycles. The number of fused-ring (bicyclic) bond motifs is 2. The number of hydrogen-bond acceptors (Lipinski definition) is 6. The second-order valence-electron chi connectivity index (χ2n) is 8.82. The highest BCUT2D eigenvalue weighted by molar-refractivity contribution is 5.97. The van der Waals surface area contributed by atoms with Crippen LogP contribution in [0.2, 0.25) is 0 Å². The Balaban J connectivity index is 1.41. The van der Waals surface area contributed by atoms with E-state index in [1.807, 2.05) is 56.3 Å². The molecule has 0 saturated heterocycles. The molecule has 0 unspecified atom stereocenters. The number of anilines is 1. The molecule has 6 aromatic rings. The Morgan fingerprint density at radius 2 is 1.78 bits per heavy atom. The number of H-pyrrole nitrogens is 2. The molecule has 0 atom stereocenters. The van der Waals surface area contributed by atoms with Gasteiger partial charge in [0, 0.05) is 47.4 Å². The summed E-state index contributed by atoms with van der Waals surface area (Å²) in [5, 5.41) is 11.2. The topological polar surface area (TPSA) is 125 Å². The highest BCUT2D eigenvalue weighted by Crippen LogP contribution is 2.32. The summed E-state index contributed by atoms with van der Waals surface area (Å²) in [6, 6.07) is 13.9. The number of pyridine rings is 3. The third-order valence-corrected chi connectivity index (χ3v) is 6.01. The van der Waals surface area contributed by atoms with Gasteiger partial charge in [-0.15, -0.1) is 0 Å². The van der Waals surface area contributed by atoms with Crippen molar-refractivity contribution in [1.82, 2.24) is 35.1 Å². The first-order valence-corrected chi connectivity index (χ1v) is 11.6. The van der Waals surface area contributed by atoms with Crippen LogP contribution in [0.5, 0.6) is 0 Å². The number of amides is 1. The molecule has 3 N–H and O–H groups in total. The number of imidazole rings is 1. The molecule has 5 heterocycles. The first-order chi connectivity index (χ1) is 17.6. The maximum atomic E-state index is 12.1. The van der Waals surface area contributed by atoms with Gasteiger partial charge >= 0.3 is 0 Å². The van der Waals surface area contributed by atoms with Crippen LogP contribution in [-0.4, -0.2) is 41.0 Å². The van der Waals surface area contributed by atoms with Gasteiger partial charge < -0.3 is 10.3 Å². The van der Waals surface area contributed by atoms with Crippen molar-refractivity contribution < 1.29 is 4.79 Å². The van der Waals surface area contributed by atoms with Gasteiger partial charge in [-0.25, -0.2) is 9.97 Å². The third kappa shape index (κ3) is 3.86. The number of para-hydroxylation sites is 1. The number of benzene rings is 1. The van der Waals surface area contributed by atoms with E-state index in [0.29, 0.717) is 17.2 Å². The van der Waals surface area contributed by atoms with Gasteiger partial charge in [0.2, 0.25) is 5.91 Å². The van der Waals surface area contributed by atoms with Crippen molar-refractivity contribution in [3.8, 4) is 33.8 Å². The Labute approximate surface area is 206 Å². The standard InChI is InChI=1S/C27H22N8O/c1-15(2)27(36)31-19-10-17(12-29-14-19)18-11-21-24(34-35-25(21)30-13-18)26-32-22-5-3-4-20(23(22)33-26)16-6-8-28-9-7-16/h3-15H,1-2H3,(H,31,36)(H,32,33)(H,30,34,35). The van der Waals surface area contributed by atoms with Gasteiger partial charge in [-0.3, -0.25) is 19.9 Å². The van der Waals surface area contributed by atoms with Crippen LogP contribution in [0.3, 0.4) is 0 Å². The van der Waals surface area contributed by atoms with Crippen molar-refractivity contribution in [2.75, 3.05) is 5.32 Å². The summed E-state index contributed by atoms with van der Waals surface area (Å²) in [6.45, 7) is 3.70. The summed E-state index contributed by atoms with van der Waals surface area (Å²) in [5.41, 5.74) is 7.51. The average Bonchev–Trinajstić information content (AvgIpc) is 3.53. The molecule has 9 heteroatoms. The maximum absolute atomic E-state index is 12.1. The number of aromatic nitrogens is 7. The fourth-order valence-electron chi connectivity index (χ4n) is 4.11. The number of nitrogens with zero attached hydrogens (tertiary/aromatic N) is 5. The smallest absolute Gasteiger partial charge is 0.226 e. The largest absolute Gasteiger partial charge is 0.337 e. The number of rotatable bonds is 5. The minimum absolute atomic E-state index is 0.0596. The summed E-state index contributed by atoms with van der Waals surface area (Å²) >= 11 is 0. The predicted octanol–water partition coefficient (Wildman–Crippen LogP) is 5.22. The molecule has 0 radical (unpaired) electrons. The number of carbonyl (C=O) groups is 1. The number of aromatic amines is 2. The first-order valence-electron chi connectivity index (χ1n) is 11.6. The van der Waals surface area contributed by atoms with E-state index in [1.165, 1.54) is 0 Å². The van der Waals surface area contributed by atoms with E-state index in [-0.39, 0.29) is 11.8 Å². The molecule has 176 valence electrons. The van der Waals surface area contributed by atoms with Crippen LogP contribution in [0.1, 0.15) is 13.8 Å². The zero-order valence-corrected chi connectivity index (χ0v) is 19.6. The molecule has 0 aliphatic heterocycles. The molecule has 9 nitrogen and oxygen atoms in total. The van der Waals surface area contributed by atoms with Crippen LogP contribution >= 0.6 is 0 Å². The average molecular weight is 475 g/mol. The van der Waals surface area contributed by atoms with Crippen LogP contribution in [0.25, 0.3) is 55.8 Å². The van der Waals surface area contributed by atoms with E-state index in [0.717, 1.165) is 44.4 Å². The second-order valence-corrected chi connectivity index (χ2v) is 8.82. The summed E-state index contributed by atoms with van der Waals surface area (Å²) in [4.78, 5) is 33.4. The van der Waals surface area contributed by atoms with Crippen LogP contribution in [0.4, 0.5) is 5.69 Å². The lowest BCUT2D eigenvalue weighted by molar-refractivity contribution is -0.118. The quantitative estimate of drug-likeness (QED) is 0.315. The minimum Gasteiger partial charge on any atom is -0.337 e. The number of carbonyl (C=O) groups excluding carboxylic acids is 1. The maximum Gasteiger partial charge on any atom is 0.226 e. The number of nitrogens with one attached hydrogen (secondary N) is 3. The van der Waals surface area contributed by atoms with Crippen molar-refractivity contribution in [1.29, 1.82) is 0 Å². The minimum atomic E-state index is -0.122. The van der Waals surface area contributed by atoms with Crippen LogP contribution in [-0.2, 0) is 4.79 Å². The van der Waals surface area contributed by atoms with E-state index in [1.54, 1.807) is 31.0 Å². The number of hydrogen-bond donors (Lipinski definition) is 3. The summed E-state index contributed by atoms with van der Waals surface area (Å²) < 4.78 is 0. The SMILES string of the molecule is CC(C)C(=O)Nc1cncc(-c2cnc3n[nH]c(-c4nc5c(-c6ccncc6)cccc5[nH]4)c3c2)c1. The summed E-state index contributed by atoms with van der Waals surface area (Å²) in [6.07, 6.45) is 8.67. The predicted molar refractivity (Wildman–Crippen MR) is 139 cm³/mol. The Bertz CT molecular complexity index is 1720. The van der Waals surface area contributed by atoms with Gasteiger partial charge in [-0.05, 0) is 35.9 Å². The normalized spacial score (nSPS) is 11.4. The molecule has 0 aliphatic carbocycles. The molecule has 6 rings (SSSR count). The third-order valence-electron chi connectivity index (χ3n) is 6.01. The molecule has 0 aliphatic rings. The van der Waals surface area contributed by atoms with E-state index < -0.39 is 0 Å². The molecule has 0 bridgehead atoms. The molecule has 1 amide bonds. The zero-order valence-electron chi connectivity index (χ0n) is 19.6. The lowest BCUT2D eigenvalue weighted by atomic mass is 10.1. The van der Waals surface area contributed by atoms with E-state index in [2.05, 4.69) is 35.5 Å². The lowest BCUT2D eigenvalue weighted by Crippen LogP contribution is -2.17. The Morgan fingerprint density at radius 3 is 2.61 bits per heavy atom. The molecular weight excluding hydrogens is 452 g/mol. The monoisotopic (exact) mass is 474 g/mol. The molecule has 1 aromatic carbocycles. The van der Waals surface area contributed by atoms with E-state index in [9.17, 15) is 4.79 Å². The van der Waals surface area contributed by atoms with Crippen LogP contribution < -0.4 is 5.32 Å². The van der Waals surface area contributed by atoms with Gasteiger partial charge in [-0.2, -0.15) is 5.10 Å². The summed E-state index contributed by atoms with van der Waals surface area (Å²) in [7, 11) is 0. The zero-order chi connectivity index (χ0) is 24.6. The Morgan fingerprint density at radius 1 is 0.944 bits per heavy atom. The highest BCUT2D eigenvalue weighted by Gasteiger charge is 2.16. The van der Waals surface area contributed by atoms with Crippen molar-refractivity contribution in [3.63, 3.8) is 0 Å².